The lowest BCUT2D eigenvalue weighted by Crippen LogP contribution is -2.31. The first kappa shape index (κ1) is 11.5. The molecule has 1 aromatic rings. The number of nitrogens with one attached hydrogen (secondary N) is 1. The molecule has 1 aromatic heterocycles. The summed E-state index contributed by atoms with van der Waals surface area (Å²) in [6, 6.07) is 3.01. The van der Waals surface area contributed by atoms with E-state index in [9.17, 15) is 9.90 Å². The number of rotatable bonds is 4. The van der Waals surface area contributed by atoms with Gasteiger partial charge in [-0.25, -0.2) is 4.98 Å². The highest BCUT2D eigenvalue weighted by Gasteiger charge is 2.10. The lowest BCUT2D eigenvalue weighted by molar-refractivity contribution is 0.0943. The normalized spacial score (nSPS) is 10.3. The molecule has 2 N–H and O–H groups in total. The standard InChI is InChI=1S/C10H15N3O2/c1-13(2)7-6-12-10(15)9-8(14)4-3-5-11-9/h3-5,14H,6-7H2,1-2H3,(H,12,15). The molecular weight excluding hydrogens is 194 g/mol. The van der Waals surface area contributed by atoms with Crippen molar-refractivity contribution in [2.24, 2.45) is 0 Å². The van der Waals surface area contributed by atoms with E-state index in [0.717, 1.165) is 6.54 Å². The fraction of sp³-hybridized carbons (Fsp3) is 0.400. The minimum atomic E-state index is -0.352. The van der Waals surface area contributed by atoms with E-state index in [-0.39, 0.29) is 17.4 Å². The Hall–Kier alpha value is -1.62. The average molecular weight is 209 g/mol. The van der Waals surface area contributed by atoms with Gasteiger partial charge in [-0.2, -0.15) is 0 Å². The fourth-order valence-corrected chi connectivity index (χ4v) is 1.05. The highest BCUT2D eigenvalue weighted by Crippen LogP contribution is 2.11. The number of nitrogens with zero attached hydrogens (tertiary/aromatic N) is 2. The summed E-state index contributed by atoms with van der Waals surface area (Å²) < 4.78 is 0. The summed E-state index contributed by atoms with van der Waals surface area (Å²) in [5.41, 5.74) is 0.0660. The van der Waals surface area contributed by atoms with Gasteiger partial charge in [0, 0.05) is 19.3 Å². The number of aromatic hydroxyl groups is 1. The molecule has 0 aliphatic carbocycles. The van der Waals surface area contributed by atoms with Crippen LogP contribution in [0.15, 0.2) is 18.3 Å². The van der Waals surface area contributed by atoms with E-state index in [1.54, 1.807) is 6.07 Å². The van der Waals surface area contributed by atoms with Gasteiger partial charge in [0.1, 0.15) is 5.75 Å². The van der Waals surface area contributed by atoms with Gasteiger partial charge >= 0.3 is 0 Å². The van der Waals surface area contributed by atoms with Gasteiger partial charge in [-0.15, -0.1) is 0 Å². The second-order valence-electron chi connectivity index (χ2n) is 3.43. The van der Waals surface area contributed by atoms with Crippen LogP contribution < -0.4 is 5.32 Å². The Bertz CT molecular complexity index is 339. The molecule has 1 rings (SSSR count). The van der Waals surface area contributed by atoms with Crippen molar-refractivity contribution < 1.29 is 9.90 Å². The van der Waals surface area contributed by atoms with E-state index >= 15 is 0 Å². The van der Waals surface area contributed by atoms with Crippen molar-refractivity contribution in [2.75, 3.05) is 27.2 Å². The molecule has 0 aromatic carbocycles. The molecule has 0 bridgehead atoms. The zero-order chi connectivity index (χ0) is 11.3. The zero-order valence-corrected chi connectivity index (χ0v) is 8.90. The van der Waals surface area contributed by atoms with Crippen molar-refractivity contribution in [3.63, 3.8) is 0 Å². The molecule has 0 spiro atoms. The Kier molecular flexibility index (Phi) is 4.05. The predicted octanol–water partition coefficient (Wildman–Crippen LogP) is 0.0786. The van der Waals surface area contributed by atoms with Crippen molar-refractivity contribution in [3.05, 3.63) is 24.0 Å². The van der Waals surface area contributed by atoms with Crippen LogP contribution in [-0.2, 0) is 0 Å². The monoisotopic (exact) mass is 209 g/mol. The lowest BCUT2D eigenvalue weighted by atomic mass is 10.3. The molecule has 0 aliphatic heterocycles. The van der Waals surface area contributed by atoms with Crippen LogP contribution in [0.3, 0.4) is 0 Å². The molecular formula is C10H15N3O2. The Balaban J connectivity index is 2.51. The van der Waals surface area contributed by atoms with Crippen molar-refractivity contribution in [1.29, 1.82) is 0 Å². The molecule has 5 heteroatoms. The molecule has 1 heterocycles. The summed E-state index contributed by atoms with van der Waals surface area (Å²) >= 11 is 0. The first-order chi connectivity index (χ1) is 7.11. The minimum Gasteiger partial charge on any atom is -0.505 e. The SMILES string of the molecule is CN(C)CCNC(=O)c1ncccc1O. The summed E-state index contributed by atoms with van der Waals surface area (Å²) in [6.07, 6.45) is 1.47. The molecule has 1 amide bonds. The second-order valence-corrected chi connectivity index (χ2v) is 3.43. The number of aromatic nitrogens is 1. The number of likely N-dealkylation sites (N-methyl/N-ethyl adjacent to an activating group) is 1. The summed E-state index contributed by atoms with van der Waals surface area (Å²) in [6.45, 7) is 1.28. The quantitative estimate of drug-likeness (QED) is 0.737. The van der Waals surface area contributed by atoms with E-state index in [1.165, 1.54) is 12.3 Å². The van der Waals surface area contributed by atoms with Gasteiger partial charge in [-0.3, -0.25) is 4.79 Å². The van der Waals surface area contributed by atoms with Gasteiger partial charge in [-0.05, 0) is 26.2 Å². The van der Waals surface area contributed by atoms with Crippen LogP contribution in [-0.4, -0.2) is 48.1 Å². The maximum atomic E-state index is 11.5. The number of carbonyl (C=O) groups is 1. The third kappa shape index (κ3) is 3.55. The topological polar surface area (TPSA) is 65.5 Å². The number of amides is 1. The Morgan fingerprint density at radius 2 is 2.33 bits per heavy atom. The van der Waals surface area contributed by atoms with Gasteiger partial charge in [0.15, 0.2) is 5.69 Å². The van der Waals surface area contributed by atoms with Crippen LogP contribution in [0.5, 0.6) is 5.75 Å². The smallest absolute Gasteiger partial charge is 0.273 e. The van der Waals surface area contributed by atoms with E-state index in [1.807, 2.05) is 19.0 Å². The zero-order valence-electron chi connectivity index (χ0n) is 8.90. The third-order valence-corrected chi connectivity index (χ3v) is 1.85. The summed E-state index contributed by atoms with van der Waals surface area (Å²) in [7, 11) is 3.84. The first-order valence-corrected chi connectivity index (χ1v) is 4.68. The van der Waals surface area contributed by atoms with Gasteiger partial charge < -0.3 is 15.3 Å². The van der Waals surface area contributed by atoms with Crippen molar-refractivity contribution in [1.82, 2.24) is 15.2 Å². The van der Waals surface area contributed by atoms with Crippen LogP contribution in [0.1, 0.15) is 10.5 Å². The molecule has 0 fully saturated rings. The van der Waals surface area contributed by atoms with E-state index in [4.69, 9.17) is 0 Å². The van der Waals surface area contributed by atoms with E-state index in [2.05, 4.69) is 10.3 Å². The Labute approximate surface area is 88.7 Å². The van der Waals surface area contributed by atoms with Crippen LogP contribution in [0.25, 0.3) is 0 Å². The Morgan fingerprint density at radius 1 is 1.60 bits per heavy atom. The van der Waals surface area contributed by atoms with Gasteiger partial charge in [0.2, 0.25) is 0 Å². The minimum absolute atomic E-state index is 0.0660. The van der Waals surface area contributed by atoms with Gasteiger partial charge in [0.05, 0.1) is 0 Å². The average Bonchev–Trinajstić information content (AvgIpc) is 2.17. The summed E-state index contributed by atoms with van der Waals surface area (Å²) in [5, 5.41) is 12.0. The third-order valence-electron chi connectivity index (χ3n) is 1.85. The van der Waals surface area contributed by atoms with Crippen LogP contribution in [0.4, 0.5) is 0 Å². The fourth-order valence-electron chi connectivity index (χ4n) is 1.05. The molecule has 0 saturated carbocycles. The molecule has 82 valence electrons. The Morgan fingerprint density at radius 3 is 2.93 bits per heavy atom. The molecule has 15 heavy (non-hydrogen) atoms. The first-order valence-electron chi connectivity index (χ1n) is 4.68. The highest BCUT2D eigenvalue weighted by molar-refractivity contribution is 5.94. The maximum Gasteiger partial charge on any atom is 0.273 e. The molecule has 0 saturated heterocycles. The molecule has 0 unspecified atom stereocenters. The number of carbonyl (C=O) groups excluding carboxylic acids is 1. The lowest BCUT2D eigenvalue weighted by Gasteiger charge is -2.10. The summed E-state index contributed by atoms with van der Waals surface area (Å²) in [4.78, 5) is 17.3. The number of hydrogen-bond acceptors (Lipinski definition) is 4. The van der Waals surface area contributed by atoms with Crippen molar-refractivity contribution in [3.8, 4) is 5.75 Å². The number of pyridine rings is 1. The molecule has 0 aliphatic rings. The number of hydrogen-bond donors (Lipinski definition) is 2. The summed E-state index contributed by atoms with van der Waals surface area (Å²) in [5.74, 6) is -0.449. The van der Waals surface area contributed by atoms with Gasteiger partial charge in [0.25, 0.3) is 5.91 Å². The van der Waals surface area contributed by atoms with E-state index in [0.29, 0.717) is 6.54 Å². The van der Waals surface area contributed by atoms with Crippen LogP contribution in [0, 0.1) is 0 Å². The largest absolute Gasteiger partial charge is 0.505 e. The second kappa shape index (κ2) is 5.31. The molecule has 0 atom stereocenters. The molecule has 5 nitrogen and oxygen atoms in total. The van der Waals surface area contributed by atoms with Crippen LogP contribution >= 0.6 is 0 Å². The van der Waals surface area contributed by atoms with Gasteiger partial charge in [-0.1, -0.05) is 0 Å². The van der Waals surface area contributed by atoms with Crippen LogP contribution in [0.2, 0.25) is 0 Å². The maximum absolute atomic E-state index is 11.5. The van der Waals surface area contributed by atoms with Crippen molar-refractivity contribution in [2.45, 2.75) is 0 Å². The predicted molar refractivity (Wildman–Crippen MR) is 56.8 cm³/mol. The van der Waals surface area contributed by atoms with Crippen molar-refractivity contribution >= 4 is 5.91 Å². The molecule has 0 radical (unpaired) electrons. The van der Waals surface area contributed by atoms with E-state index < -0.39 is 0 Å². The highest BCUT2D eigenvalue weighted by atomic mass is 16.3.